The Morgan fingerprint density at radius 3 is 2.68 bits per heavy atom. The minimum absolute atomic E-state index is 0.0331. The molecule has 0 unspecified atom stereocenters. The van der Waals surface area contributed by atoms with Gasteiger partial charge in [0.25, 0.3) is 0 Å². The van der Waals surface area contributed by atoms with E-state index in [4.69, 9.17) is 11.8 Å². The Hall–Kier alpha value is -2.02. The first-order chi connectivity index (χ1) is 10.4. The number of rotatable bonds is 5. The number of aryl methyl sites for hydroxylation is 1. The van der Waals surface area contributed by atoms with Crippen molar-refractivity contribution in [2.45, 2.75) is 25.6 Å². The van der Waals surface area contributed by atoms with E-state index in [9.17, 15) is 18.0 Å². The Bertz CT molecular complexity index is 655. The minimum atomic E-state index is -4.44. The van der Waals surface area contributed by atoms with Gasteiger partial charge in [0, 0.05) is 30.9 Å². The molecule has 1 aromatic carbocycles. The van der Waals surface area contributed by atoms with E-state index in [-0.39, 0.29) is 24.4 Å². The molecule has 8 heteroatoms. The molecule has 0 aliphatic rings. The van der Waals surface area contributed by atoms with E-state index in [0.29, 0.717) is 12.1 Å². The van der Waals surface area contributed by atoms with Crippen molar-refractivity contribution in [2.24, 2.45) is 0 Å². The summed E-state index contributed by atoms with van der Waals surface area (Å²) in [5.74, 6) is -0.352. The van der Waals surface area contributed by atoms with Crippen molar-refractivity contribution >= 4 is 17.7 Å². The molecule has 0 radical (unpaired) electrons. The summed E-state index contributed by atoms with van der Waals surface area (Å²) in [4.78, 5) is 15.5. The molecule has 0 aliphatic carbocycles. The number of carbonyl (C=O) groups excluding carboxylic acids is 1. The molecule has 0 atom stereocenters. The van der Waals surface area contributed by atoms with E-state index in [0.717, 1.165) is 6.07 Å². The minimum Gasteiger partial charge on any atom is -0.352 e. The standard InChI is InChI=1S/C14H13ClF3N3O/c15-21-9-19-8-11(21)5-6-13(22)20-7-10-3-1-2-4-12(10)14(16,17)18/h1-4,8-9H,5-7H2,(H,20,22). The molecule has 22 heavy (non-hydrogen) atoms. The molecule has 2 aromatic rings. The number of carbonyl (C=O) groups is 1. The number of imidazole rings is 1. The molecule has 118 valence electrons. The lowest BCUT2D eigenvalue weighted by Gasteiger charge is -2.13. The van der Waals surface area contributed by atoms with Crippen LogP contribution >= 0.6 is 11.8 Å². The predicted octanol–water partition coefficient (Wildman–Crippen LogP) is 3.15. The van der Waals surface area contributed by atoms with E-state index in [1.54, 1.807) is 0 Å². The van der Waals surface area contributed by atoms with Crippen molar-refractivity contribution in [3.63, 3.8) is 0 Å². The Balaban J connectivity index is 1.90. The molecule has 0 saturated heterocycles. The largest absolute Gasteiger partial charge is 0.416 e. The molecule has 1 N–H and O–H groups in total. The second kappa shape index (κ2) is 6.83. The number of nitrogens with zero attached hydrogens (tertiary/aromatic N) is 2. The van der Waals surface area contributed by atoms with E-state index in [1.807, 2.05) is 0 Å². The summed E-state index contributed by atoms with van der Waals surface area (Å²) in [5, 5.41) is 2.48. The quantitative estimate of drug-likeness (QED) is 0.915. The van der Waals surface area contributed by atoms with Gasteiger partial charge in [-0.25, -0.2) is 9.07 Å². The van der Waals surface area contributed by atoms with Gasteiger partial charge in [0.05, 0.1) is 11.3 Å². The molecule has 0 bridgehead atoms. The number of halogens is 4. The summed E-state index contributed by atoms with van der Waals surface area (Å²) in [7, 11) is 0. The van der Waals surface area contributed by atoms with Crippen molar-refractivity contribution in [2.75, 3.05) is 0 Å². The number of hydrogen-bond acceptors (Lipinski definition) is 2. The number of nitrogens with one attached hydrogen (secondary N) is 1. The van der Waals surface area contributed by atoms with Crippen LogP contribution in [0.5, 0.6) is 0 Å². The first-order valence-electron chi connectivity index (χ1n) is 6.47. The molecule has 2 rings (SSSR count). The van der Waals surface area contributed by atoms with Gasteiger partial charge in [-0.2, -0.15) is 13.2 Å². The fourth-order valence-electron chi connectivity index (χ4n) is 1.95. The Kier molecular flexibility index (Phi) is 5.07. The summed E-state index contributed by atoms with van der Waals surface area (Å²) in [6, 6.07) is 5.16. The third kappa shape index (κ3) is 4.24. The van der Waals surface area contributed by atoms with E-state index in [1.165, 1.54) is 34.8 Å². The third-order valence-electron chi connectivity index (χ3n) is 3.07. The van der Waals surface area contributed by atoms with Gasteiger partial charge >= 0.3 is 6.18 Å². The highest BCUT2D eigenvalue weighted by atomic mass is 35.5. The SMILES string of the molecule is O=C(CCc1cncn1Cl)NCc1ccccc1C(F)(F)F. The summed E-state index contributed by atoms with van der Waals surface area (Å²) in [6.45, 7) is -0.172. The highest BCUT2D eigenvalue weighted by Crippen LogP contribution is 2.31. The molecule has 0 fully saturated rings. The van der Waals surface area contributed by atoms with E-state index < -0.39 is 11.7 Å². The molecule has 1 amide bonds. The number of amides is 1. The molecular weight excluding hydrogens is 319 g/mol. The maximum Gasteiger partial charge on any atom is 0.416 e. The van der Waals surface area contributed by atoms with Crippen LogP contribution in [0.2, 0.25) is 0 Å². The van der Waals surface area contributed by atoms with Crippen LogP contribution in [0.25, 0.3) is 0 Å². The maximum atomic E-state index is 12.8. The van der Waals surface area contributed by atoms with Crippen LogP contribution in [0.4, 0.5) is 13.2 Å². The van der Waals surface area contributed by atoms with E-state index in [2.05, 4.69) is 10.3 Å². The lowest BCUT2D eigenvalue weighted by atomic mass is 10.1. The van der Waals surface area contributed by atoms with Crippen molar-refractivity contribution in [1.29, 1.82) is 0 Å². The molecule has 0 saturated carbocycles. The molecule has 0 spiro atoms. The fraction of sp³-hybridized carbons (Fsp3) is 0.286. The van der Waals surface area contributed by atoms with Crippen LogP contribution in [-0.2, 0) is 23.9 Å². The maximum absolute atomic E-state index is 12.8. The fourth-order valence-corrected chi connectivity index (χ4v) is 2.13. The monoisotopic (exact) mass is 331 g/mol. The Morgan fingerprint density at radius 2 is 2.05 bits per heavy atom. The van der Waals surface area contributed by atoms with Crippen LogP contribution in [0, 0.1) is 0 Å². The molecule has 4 nitrogen and oxygen atoms in total. The summed E-state index contributed by atoms with van der Waals surface area (Å²) in [5.41, 5.74) is -0.0487. The van der Waals surface area contributed by atoms with Crippen LogP contribution in [0.15, 0.2) is 36.8 Å². The topological polar surface area (TPSA) is 46.9 Å². The normalized spacial score (nSPS) is 11.5. The average Bonchev–Trinajstić information content (AvgIpc) is 2.87. The van der Waals surface area contributed by atoms with Gasteiger partial charge in [0.1, 0.15) is 6.33 Å². The number of aromatic nitrogens is 2. The zero-order valence-corrected chi connectivity index (χ0v) is 12.2. The summed E-state index contributed by atoms with van der Waals surface area (Å²) in [6.07, 6.45) is -1.04. The lowest BCUT2D eigenvalue weighted by Crippen LogP contribution is -2.24. The second-order valence-corrected chi connectivity index (χ2v) is 4.99. The van der Waals surface area contributed by atoms with Crippen LogP contribution in [0.1, 0.15) is 23.2 Å². The summed E-state index contributed by atoms with van der Waals surface area (Å²) >= 11 is 5.76. The van der Waals surface area contributed by atoms with Crippen LogP contribution in [-0.4, -0.2) is 15.0 Å². The van der Waals surface area contributed by atoms with Gasteiger partial charge in [0.2, 0.25) is 5.91 Å². The highest BCUT2D eigenvalue weighted by Gasteiger charge is 2.32. The van der Waals surface area contributed by atoms with Crippen molar-refractivity contribution in [1.82, 2.24) is 14.4 Å². The van der Waals surface area contributed by atoms with E-state index >= 15 is 0 Å². The third-order valence-corrected chi connectivity index (χ3v) is 3.38. The second-order valence-electron chi connectivity index (χ2n) is 4.63. The first-order valence-corrected chi connectivity index (χ1v) is 6.81. The number of hydrogen-bond donors (Lipinski definition) is 1. The van der Waals surface area contributed by atoms with Gasteiger partial charge in [0.15, 0.2) is 0 Å². The van der Waals surface area contributed by atoms with Gasteiger partial charge < -0.3 is 5.32 Å². The molecule has 0 aliphatic heterocycles. The molecule has 1 aromatic heterocycles. The van der Waals surface area contributed by atoms with Crippen LogP contribution in [0.3, 0.4) is 0 Å². The smallest absolute Gasteiger partial charge is 0.352 e. The average molecular weight is 332 g/mol. The van der Waals surface area contributed by atoms with Gasteiger partial charge in [-0.05, 0) is 18.1 Å². The van der Waals surface area contributed by atoms with Crippen molar-refractivity contribution in [3.05, 3.63) is 53.6 Å². The molecule has 1 heterocycles. The first kappa shape index (κ1) is 16.4. The predicted molar refractivity (Wildman–Crippen MR) is 75.1 cm³/mol. The lowest BCUT2D eigenvalue weighted by molar-refractivity contribution is -0.138. The van der Waals surface area contributed by atoms with Gasteiger partial charge in [-0.15, -0.1) is 0 Å². The number of alkyl halides is 3. The zero-order valence-electron chi connectivity index (χ0n) is 11.4. The van der Waals surface area contributed by atoms with Gasteiger partial charge in [-0.3, -0.25) is 4.79 Å². The van der Waals surface area contributed by atoms with Crippen molar-refractivity contribution < 1.29 is 18.0 Å². The highest BCUT2D eigenvalue weighted by molar-refractivity contribution is 6.15. The van der Waals surface area contributed by atoms with Crippen LogP contribution < -0.4 is 5.32 Å². The number of benzene rings is 1. The van der Waals surface area contributed by atoms with Crippen molar-refractivity contribution in [3.8, 4) is 0 Å². The zero-order chi connectivity index (χ0) is 16.2. The molecular formula is C14H13ClF3N3O. The van der Waals surface area contributed by atoms with Gasteiger partial charge in [-0.1, -0.05) is 18.2 Å². The Morgan fingerprint density at radius 1 is 1.32 bits per heavy atom. The Labute approximate surface area is 130 Å². The summed E-state index contributed by atoms with van der Waals surface area (Å²) < 4.78 is 39.7.